The van der Waals surface area contributed by atoms with Gasteiger partial charge in [0.05, 0.1) is 23.9 Å². The summed E-state index contributed by atoms with van der Waals surface area (Å²) < 4.78 is 109. The molecule has 4 aliphatic rings. The summed E-state index contributed by atoms with van der Waals surface area (Å²) in [6, 6.07) is 0.501. The van der Waals surface area contributed by atoms with Crippen molar-refractivity contribution in [3.63, 3.8) is 0 Å². The molecule has 0 aromatic heterocycles. The second-order valence-electron chi connectivity index (χ2n) is 11.5. The Morgan fingerprint density at radius 3 is 2.24 bits per heavy atom. The zero-order chi connectivity index (χ0) is 30.7. The molecule has 4 fully saturated rings. The van der Waals surface area contributed by atoms with Crippen LogP contribution in [0.3, 0.4) is 0 Å². The number of carbonyl (C=O) groups excluding carboxylic acids is 2. The quantitative estimate of drug-likeness (QED) is 0.421. The summed E-state index contributed by atoms with van der Waals surface area (Å²) in [6.45, 7) is 0.562. The first-order valence-corrected chi connectivity index (χ1v) is 17.0. The fourth-order valence-corrected chi connectivity index (χ4v) is 8.33. The van der Waals surface area contributed by atoms with E-state index in [1.54, 1.807) is 0 Å². The first-order valence-electron chi connectivity index (χ1n) is 13.7. The van der Waals surface area contributed by atoms with Crippen LogP contribution in [-0.4, -0.2) is 72.5 Å². The highest BCUT2D eigenvalue weighted by Gasteiger charge is 2.65. The molecule has 17 heteroatoms. The monoisotopic (exact) mass is 643 g/mol. The molecule has 3 aliphatic heterocycles. The normalized spacial score (nSPS) is 26.9. The Bertz CT molecular complexity index is 1430. The van der Waals surface area contributed by atoms with Crippen LogP contribution in [0, 0.1) is 34.9 Å². The Labute approximate surface area is 239 Å². The number of piperidine rings is 1. The maximum Gasteiger partial charge on any atom is 0.310 e. The number of carbonyl (C=O) groups is 2. The minimum atomic E-state index is -10.1. The molecule has 1 aromatic rings. The van der Waals surface area contributed by atoms with E-state index in [0.717, 1.165) is 0 Å². The molecule has 1 aliphatic carbocycles. The van der Waals surface area contributed by atoms with Crippen LogP contribution in [0.2, 0.25) is 0 Å². The van der Waals surface area contributed by atoms with Gasteiger partial charge in [-0.1, -0.05) is 25.5 Å². The molecule has 1 N–H and O–H groups in total. The zero-order valence-corrected chi connectivity index (χ0v) is 24.0. The number of rotatable bonds is 8. The van der Waals surface area contributed by atoms with Crippen molar-refractivity contribution >= 4 is 32.2 Å². The van der Waals surface area contributed by atoms with Gasteiger partial charge in [-0.05, 0) is 56.6 Å². The van der Waals surface area contributed by atoms with E-state index >= 15 is 0 Å². The molecule has 0 spiro atoms. The maximum absolute atomic E-state index is 14.8. The third-order valence-corrected chi connectivity index (χ3v) is 11.5. The van der Waals surface area contributed by atoms with Gasteiger partial charge >= 0.3 is 10.2 Å². The Balaban J connectivity index is 1.27. The van der Waals surface area contributed by atoms with Crippen LogP contribution < -0.4 is 5.32 Å². The van der Waals surface area contributed by atoms with Crippen molar-refractivity contribution in [1.82, 2.24) is 18.8 Å². The van der Waals surface area contributed by atoms with E-state index < -0.39 is 61.0 Å². The largest absolute Gasteiger partial charge is 0.347 e. The van der Waals surface area contributed by atoms with Crippen LogP contribution in [0.4, 0.5) is 23.8 Å². The summed E-state index contributed by atoms with van der Waals surface area (Å²) in [5.74, 6) is -3.93. The molecule has 1 saturated carbocycles. The predicted octanol–water partition coefficient (Wildman–Crippen LogP) is 4.45. The van der Waals surface area contributed by atoms with Crippen LogP contribution in [-0.2, 0) is 19.8 Å². The van der Waals surface area contributed by atoms with Gasteiger partial charge in [0.2, 0.25) is 11.8 Å². The Morgan fingerprint density at radius 2 is 1.64 bits per heavy atom. The number of likely N-dealkylation sites (tertiary alicyclic amines) is 1. The molecule has 3 saturated heterocycles. The number of benzene rings is 1. The van der Waals surface area contributed by atoms with Gasteiger partial charge in [0.15, 0.2) is 0 Å². The molecule has 0 radical (unpaired) electrons. The van der Waals surface area contributed by atoms with E-state index in [-0.39, 0.29) is 68.7 Å². The molecule has 0 unspecified atom stereocenters. The third-order valence-electron chi connectivity index (χ3n) is 8.40. The lowest BCUT2D eigenvalue weighted by Gasteiger charge is -2.41. The summed E-state index contributed by atoms with van der Waals surface area (Å²) in [5, 5.41) is 11.6. The highest BCUT2D eigenvalue weighted by molar-refractivity contribution is 8.45. The number of hydrogen-bond acceptors (Lipinski definition) is 5. The highest BCUT2D eigenvalue weighted by Crippen LogP contribution is 3.02. The van der Waals surface area contributed by atoms with Crippen LogP contribution >= 0.6 is 10.2 Å². The van der Waals surface area contributed by atoms with Crippen molar-refractivity contribution in [3.05, 3.63) is 29.6 Å². The molecule has 3 atom stereocenters. The van der Waals surface area contributed by atoms with Crippen molar-refractivity contribution in [2.45, 2.75) is 55.5 Å². The predicted molar refractivity (Wildman–Crippen MR) is 140 cm³/mol. The lowest BCUT2D eigenvalue weighted by molar-refractivity contribution is -0.142. The smallest absolute Gasteiger partial charge is 0.310 e. The van der Waals surface area contributed by atoms with Crippen LogP contribution in [0.1, 0.15) is 50.1 Å². The lowest BCUT2D eigenvalue weighted by atomic mass is 9.97. The van der Waals surface area contributed by atoms with E-state index in [0.29, 0.717) is 38.2 Å². The molecule has 5 rings (SSSR count). The van der Waals surface area contributed by atoms with Crippen LogP contribution in [0.15, 0.2) is 23.1 Å². The van der Waals surface area contributed by atoms with Gasteiger partial charge in [-0.3, -0.25) is 9.59 Å². The molecular formula is C25H31F6N5O4S2. The maximum atomic E-state index is 14.8. The molecule has 2 amide bonds. The topological polar surface area (TPSA) is 114 Å². The molecule has 1 aromatic carbocycles. The van der Waals surface area contributed by atoms with Gasteiger partial charge in [-0.15, -0.1) is 0 Å². The van der Waals surface area contributed by atoms with Crippen molar-refractivity contribution in [3.8, 4) is 6.07 Å². The summed E-state index contributed by atoms with van der Waals surface area (Å²) >= 11 is 0. The standard InChI is InChI=1S/C25H31F6N5O4S2/c26-21-11-19(42(27,28,29,30)31)7-8-20(21)23(17-5-6-17)33-24(37)22-4-2-10-36(22)25(38)18-3-1-9-34(15-18)41(39,40)35-13-16(12-32)14-35/h7-8,11,16-18,22-23H,1-6,9-10,13-15H2,(H,33,37)/t18-,22+,23+/m0/s1. The van der Waals surface area contributed by atoms with Gasteiger partial charge in [-0.25, -0.2) is 4.39 Å². The summed E-state index contributed by atoms with van der Waals surface area (Å²) in [6.07, 6.45) is 2.67. The molecule has 9 nitrogen and oxygen atoms in total. The number of halogens is 6. The third kappa shape index (κ3) is 6.22. The van der Waals surface area contributed by atoms with Gasteiger partial charge in [0, 0.05) is 38.3 Å². The number of nitriles is 1. The molecule has 3 heterocycles. The molecule has 234 valence electrons. The second-order valence-corrected chi connectivity index (χ2v) is 15.9. The Kier molecular flexibility index (Phi) is 7.35. The van der Waals surface area contributed by atoms with Crippen LogP contribution in [0.5, 0.6) is 0 Å². The van der Waals surface area contributed by atoms with Gasteiger partial charge < -0.3 is 10.2 Å². The van der Waals surface area contributed by atoms with E-state index in [1.807, 2.05) is 6.07 Å². The molecular weight excluding hydrogens is 612 g/mol. The Morgan fingerprint density at radius 1 is 0.976 bits per heavy atom. The summed E-state index contributed by atoms with van der Waals surface area (Å²) in [5.41, 5.74) is -0.343. The average molecular weight is 644 g/mol. The highest BCUT2D eigenvalue weighted by atomic mass is 32.5. The molecule has 42 heavy (non-hydrogen) atoms. The SMILES string of the molecule is N#CC1CN(S(=O)(=O)N2CCC[C@H](C(=O)N3CCC[C@@H]3C(=O)N[C@@H](c3ccc(S(F)(F)(F)(F)F)cc3F)C3CC3)C2)C1. The minimum absolute atomic E-state index is 0.0753. The second kappa shape index (κ2) is 10.00. The number of nitrogens with zero attached hydrogens (tertiary/aromatic N) is 4. The first-order chi connectivity index (χ1) is 19.4. The summed E-state index contributed by atoms with van der Waals surface area (Å²) in [4.78, 5) is 25.9. The van der Waals surface area contributed by atoms with Gasteiger partial charge in [-0.2, -0.15) is 22.3 Å². The van der Waals surface area contributed by atoms with Crippen LogP contribution in [0.25, 0.3) is 0 Å². The van der Waals surface area contributed by atoms with E-state index in [9.17, 15) is 41.8 Å². The average Bonchev–Trinajstić information content (AvgIpc) is 3.60. The molecule has 0 bridgehead atoms. The van der Waals surface area contributed by atoms with E-state index in [4.69, 9.17) is 5.26 Å². The number of nitrogens with one attached hydrogen (secondary N) is 1. The van der Waals surface area contributed by atoms with E-state index in [1.165, 1.54) is 13.5 Å². The fourth-order valence-electron chi connectivity index (χ4n) is 5.89. The van der Waals surface area contributed by atoms with Crippen molar-refractivity contribution in [2.75, 3.05) is 32.7 Å². The van der Waals surface area contributed by atoms with Crippen molar-refractivity contribution < 1.29 is 41.8 Å². The summed E-state index contributed by atoms with van der Waals surface area (Å²) in [7, 11) is -13.9. The zero-order valence-electron chi connectivity index (χ0n) is 22.4. The lowest BCUT2D eigenvalue weighted by Crippen LogP contribution is -2.57. The van der Waals surface area contributed by atoms with Gasteiger partial charge in [0.1, 0.15) is 16.8 Å². The van der Waals surface area contributed by atoms with Crippen molar-refractivity contribution in [1.29, 1.82) is 5.26 Å². The Hall–Kier alpha value is -2.55. The van der Waals surface area contributed by atoms with Crippen molar-refractivity contribution in [2.24, 2.45) is 17.8 Å². The van der Waals surface area contributed by atoms with E-state index in [2.05, 4.69) is 5.32 Å². The minimum Gasteiger partial charge on any atom is -0.347 e. The fraction of sp³-hybridized carbons (Fsp3) is 0.640. The number of amides is 2. The number of hydrogen-bond donors (Lipinski definition) is 1. The first kappa shape index (κ1) is 30.9. The van der Waals surface area contributed by atoms with Gasteiger partial charge in [0.25, 0.3) is 10.2 Å².